The number of methoxy groups -OCH3 is 1. The summed E-state index contributed by atoms with van der Waals surface area (Å²) in [7, 11) is 3.66. The van der Waals surface area contributed by atoms with Crippen molar-refractivity contribution in [2.24, 2.45) is 0 Å². The van der Waals surface area contributed by atoms with Crippen LogP contribution >= 0.6 is 0 Å². The topological polar surface area (TPSA) is 34.1 Å². The maximum Gasteiger partial charge on any atom is 0.118 e. The highest BCUT2D eigenvalue weighted by Gasteiger charge is 2.14. The Morgan fingerprint density at radius 3 is 2.57 bits per heavy atom. The zero-order valence-corrected chi connectivity index (χ0v) is 12.2. The third-order valence-electron chi connectivity index (χ3n) is 3.77. The first-order valence-corrected chi connectivity index (χ1v) is 6.97. The summed E-state index contributed by atoms with van der Waals surface area (Å²) in [5.41, 5.74) is 2.43. The molecule has 3 aromatic rings. The molecule has 0 radical (unpaired) electrons. The van der Waals surface area contributed by atoms with E-state index in [1.54, 1.807) is 7.11 Å². The number of hydrogen-bond donors (Lipinski definition) is 1. The molecule has 1 unspecified atom stereocenters. The molecule has 1 atom stereocenters. The van der Waals surface area contributed by atoms with Gasteiger partial charge in [-0.25, -0.2) is 0 Å². The number of ether oxygens (including phenoxy) is 1. The lowest BCUT2D eigenvalue weighted by Gasteiger charge is -2.19. The van der Waals surface area contributed by atoms with Crippen molar-refractivity contribution in [1.82, 2.24) is 10.3 Å². The maximum atomic E-state index is 5.23. The normalized spacial score (nSPS) is 12.3. The first kappa shape index (κ1) is 13.6. The molecule has 1 heterocycles. The first-order valence-electron chi connectivity index (χ1n) is 6.97. The lowest BCUT2D eigenvalue weighted by atomic mass is 9.95. The van der Waals surface area contributed by atoms with Crippen LogP contribution in [0.4, 0.5) is 0 Å². The molecule has 0 spiro atoms. The standard InChI is InChI=1S/C18H18N2O/c1-19-18(14-6-8-15(21-2)9-7-14)16-5-3-4-13-10-11-20-12-17(13)16/h3-12,18-19H,1-2H3. The molecule has 21 heavy (non-hydrogen) atoms. The second-order valence-corrected chi connectivity index (χ2v) is 4.94. The third kappa shape index (κ3) is 2.60. The molecule has 0 saturated carbocycles. The second kappa shape index (κ2) is 5.94. The third-order valence-corrected chi connectivity index (χ3v) is 3.77. The summed E-state index contributed by atoms with van der Waals surface area (Å²) >= 11 is 0. The molecule has 106 valence electrons. The monoisotopic (exact) mass is 278 g/mol. The van der Waals surface area contributed by atoms with Crippen LogP contribution in [0.25, 0.3) is 10.8 Å². The van der Waals surface area contributed by atoms with E-state index in [-0.39, 0.29) is 6.04 Å². The number of hydrogen-bond acceptors (Lipinski definition) is 3. The summed E-state index contributed by atoms with van der Waals surface area (Å²) in [6.07, 6.45) is 3.76. The van der Waals surface area contributed by atoms with Crippen molar-refractivity contribution in [3.05, 3.63) is 72.1 Å². The second-order valence-electron chi connectivity index (χ2n) is 4.94. The van der Waals surface area contributed by atoms with Crippen molar-refractivity contribution in [2.75, 3.05) is 14.2 Å². The van der Waals surface area contributed by atoms with E-state index in [2.05, 4.69) is 40.6 Å². The average molecular weight is 278 g/mol. The fourth-order valence-electron chi connectivity index (χ4n) is 2.69. The van der Waals surface area contributed by atoms with Gasteiger partial charge in [-0.05, 0) is 41.8 Å². The van der Waals surface area contributed by atoms with Crippen LogP contribution in [-0.4, -0.2) is 19.1 Å². The Labute approximate surface area is 124 Å². The van der Waals surface area contributed by atoms with Crippen molar-refractivity contribution >= 4 is 10.8 Å². The van der Waals surface area contributed by atoms with Crippen LogP contribution in [0.5, 0.6) is 5.75 Å². The van der Waals surface area contributed by atoms with Crippen LogP contribution in [0.3, 0.4) is 0 Å². The Hall–Kier alpha value is -2.39. The van der Waals surface area contributed by atoms with Gasteiger partial charge in [0.2, 0.25) is 0 Å². The van der Waals surface area contributed by atoms with Crippen molar-refractivity contribution in [3.8, 4) is 5.75 Å². The minimum atomic E-state index is 0.129. The predicted molar refractivity (Wildman–Crippen MR) is 85.6 cm³/mol. The highest BCUT2D eigenvalue weighted by Crippen LogP contribution is 2.29. The van der Waals surface area contributed by atoms with E-state index >= 15 is 0 Å². The van der Waals surface area contributed by atoms with Crippen molar-refractivity contribution < 1.29 is 4.74 Å². The quantitative estimate of drug-likeness (QED) is 0.792. The van der Waals surface area contributed by atoms with E-state index in [1.165, 1.54) is 21.9 Å². The number of aromatic nitrogens is 1. The minimum Gasteiger partial charge on any atom is -0.497 e. The number of rotatable bonds is 4. The lowest BCUT2D eigenvalue weighted by molar-refractivity contribution is 0.414. The van der Waals surface area contributed by atoms with E-state index in [9.17, 15) is 0 Å². The van der Waals surface area contributed by atoms with Gasteiger partial charge >= 0.3 is 0 Å². The average Bonchev–Trinajstić information content (AvgIpc) is 2.56. The number of nitrogens with zero attached hydrogens (tertiary/aromatic N) is 1. The van der Waals surface area contributed by atoms with Gasteiger partial charge in [-0.2, -0.15) is 0 Å². The molecule has 0 amide bonds. The van der Waals surface area contributed by atoms with Gasteiger partial charge in [0.15, 0.2) is 0 Å². The van der Waals surface area contributed by atoms with Gasteiger partial charge in [-0.1, -0.05) is 30.3 Å². The predicted octanol–water partition coefficient (Wildman–Crippen LogP) is 3.55. The van der Waals surface area contributed by atoms with Crippen LogP contribution in [0.2, 0.25) is 0 Å². The summed E-state index contributed by atoms with van der Waals surface area (Å²) in [5, 5.41) is 5.78. The van der Waals surface area contributed by atoms with E-state index in [4.69, 9.17) is 4.74 Å². The zero-order chi connectivity index (χ0) is 14.7. The van der Waals surface area contributed by atoms with Crippen LogP contribution in [0.15, 0.2) is 60.9 Å². The number of pyridine rings is 1. The fourth-order valence-corrected chi connectivity index (χ4v) is 2.69. The Kier molecular flexibility index (Phi) is 3.84. The summed E-state index contributed by atoms with van der Waals surface area (Å²) < 4.78 is 5.23. The van der Waals surface area contributed by atoms with Gasteiger partial charge in [-0.15, -0.1) is 0 Å². The minimum absolute atomic E-state index is 0.129. The van der Waals surface area contributed by atoms with Crippen LogP contribution in [0.1, 0.15) is 17.2 Å². The fraction of sp³-hybridized carbons (Fsp3) is 0.167. The van der Waals surface area contributed by atoms with Crippen LogP contribution < -0.4 is 10.1 Å². The molecule has 0 aliphatic rings. The van der Waals surface area contributed by atoms with Gasteiger partial charge in [0.25, 0.3) is 0 Å². The molecule has 3 nitrogen and oxygen atoms in total. The Balaban J connectivity index is 2.09. The summed E-state index contributed by atoms with van der Waals surface area (Å²) in [4.78, 5) is 4.26. The van der Waals surface area contributed by atoms with Gasteiger partial charge in [0.1, 0.15) is 5.75 Å². The highest BCUT2D eigenvalue weighted by molar-refractivity contribution is 5.85. The number of benzene rings is 2. The van der Waals surface area contributed by atoms with Crippen LogP contribution in [-0.2, 0) is 0 Å². The van der Waals surface area contributed by atoms with E-state index in [1.807, 2.05) is 37.6 Å². The van der Waals surface area contributed by atoms with E-state index < -0.39 is 0 Å². The highest BCUT2D eigenvalue weighted by atomic mass is 16.5. The molecular formula is C18H18N2O. The number of fused-ring (bicyclic) bond motifs is 1. The summed E-state index contributed by atoms with van der Waals surface area (Å²) in [6, 6.07) is 16.7. The molecule has 3 rings (SSSR count). The number of nitrogens with one attached hydrogen (secondary N) is 1. The van der Waals surface area contributed by atoms with Crippen molar-refractivity contribution in [1.29, 1.82) is 0 Å². The van der Waals surface area contributed by atoms with Gasteiger partial charge in [-0.3, -0.25) is 4.98 Å². The van der Waals surface area contributed by atoms with Gasteiger partial charge in [0.05, 0.1) is 13.2 Å². The van der Waals surface area contributed by atoms with Crippen molar-refractivity contribution in [3.63, 3.8) is 0 Å². The molecular weight excluding hydrogens is 260 g/mol. The molecule has 0 bridgehead atoms. The molecule has 0 aliphatic carbocycles. The maximum absolute atomic E-state index is 5.23. The van der Waals surface area contributed by atoms with E-state index in [0.29, 0.717) is 0 Å². The molecule has 1 N–H and O–H groups in total. The largest absolute Gasteiger partial charge is 0.497 e. The van der Waals surface area contributed by atoms with Crippen molar-refractivity contribution in [2.45, 2.75) is 6.04 Å². The zero-order valence-electron chi connectivity index (χ0n) is 12.2. The lowest BCUT2D eigenvalue weighted by Crippen LogP contribution is -2.17. The summed E-state index contributed by atoms with van der Waals surface area (Å²) in [6.45, 7) is 0. The van der Waals surface area contributed by atoms with Gasteiger partial charge in [0, 0.05) is 17.8 Å². The summed E-state index contributed by atoms with van der Waals surface area (Å²) in [5.74, 6) is 0.869. The SMILES string of the molecule is CNC(c1ccc(OC)cc1)c1cccc2ccncc12. The molecule has 1 aromatic heterocycles. The van der Waals surface area contributed by atoms with E-state index in [0.717, 1.165) is 5.75 Å². The molecule has 2 aromatic carbocycles. The smallest absolute Gasteiger partial charge is 0.118 e. The molecule has 0 fully saturated rings. The Bertz CT molecular complexity index is 732. The first-order chi connectivity index (χ1) is 10.3. The van der Waals surface area contributed by atoms with Crippen LogP contribution in [0, 0.1) is 0 Å². The Morgan fingerprint density at radius 2 is 1.86 bits per heavy atom. The molecule has 3 heteroatoms. The molecule has 0 aliphatic heterocycles. The van der Waals surface area contributed by atoms with Gasteiger partial charge < -0.3 is 10.1 Å². The molecule has 0 saturated heterocycles. The Morgan fingerprint density at radius 1 is 1.05 bits per heavy atom.